The third kappa shape index (κ3) is 5.02. The minimum Gasteiger partial charge on any atom is -0.324 e. The van der Waals surface area contributed by atoms with E-state index in [0.717, 1.165) is 40.8 Å². The molecule has 3 aromatic rings. The summed E-state index contributed by atoms with van der Waals surface area (Å²) in [5.41, 5.74) is 5.31. The van der Waals surface area contributed by atoms with E-state index in [1.807, 2.05) is 52.0 Å². The average Bonchev–Trinajstić information content (AvgIpc) is 2.80. The molecular weight excluding hydrogens is 420 g/mol. The van der Waals surface area contributed by atoms with Gasteiger partial charge in [0.1, 0.15) is 6.54 Å². The van der Waals surface area contributed by atoms with Gasteiger partial charge in [-0.25, -0.2) is 8.42 Å². The van der Waals surface area contributed by atoms with Gasteiger partial charge in [-0.05, 0) is 73.2 Å². The maximum Gasteiger partial charge on any atom is 0.264 e. The number of amides is 1. The summed E-state index contributed by atoms with van der Waals surface area (Å²) in [6.45, 7) is 7.64. The standard InChI is InChI=1S/C26H30N2O3S/c1-5-21-11-10-12-22(6-2)26(21)27-25(29)18-28(23-16-15-19(3)20(4)17-23)32(30,31)24-13-8-7-9-14-24/h7-17H,5-6,18H2,1-4H3,(H,27,29). The van der Waals surface area contributed by atoms with Crippen molar-refractivity contribution in [1.82, 2.24) is 0 Å². The molecule has 0 saturated heterocycles. The maximum atomic E-state index is 13.5. The molecule has 3 aromatic carbocycles. The van der Waals surface area contributed by atoms with E-state index in [0.29, 0.717) is 5.69 Å². The number of nitrogens with zero attached hydrogens (tertiary/aromatic N) is 1. The van der Waals surface area contributed by atoms with Crippen LogP contribution in [-0.4, -0.2) is 20.9 Å². The second-order valence-electron chi connectivity index (χ2n) is 7.80. The summed E-state index contributed by atoms with van der Waals surface area (Å²) in [7, 11) is -3.93. The van der Waals surface area contributed by atoms with Gasteiger partial charge in [-0.1, -0.05) is 56.3 Å². The molecule has 6 heteroatoms. The van der Waals surface area contributed by atoms with E-state index >= 15 is 0 Å². The van der Waals surface area contributed by atoms with Gasteiger partial charge < -0.3 is 5.32 Å². The minimum atomic E-state index is -3.93. The number of carbonyl (C=O) groups is 1. The van der Waals surface area contributed by atoms with Gasteiger partial charge in [-0.3, -0.25) is 9.10 Å². The summed E-state index contributed by atoms with van der Waals surface area (Å²) in [6.07, 6.45) is 1.54. The molecule has 3 rings (SSSR count). The number of rotatable bonds is 8. The monoisotopic (exact) mass is 450 g/mol. The molecule has 0 atom stereocenters. The first-order chi connectivity index (χ1) is 15.3. The second-order valence-corrected chi connectivity index (χ2v) is 9.66. The van der Waals surface area contributed by atoms with Gasteiger partial charge in [0, 0.05) is 5.69 Å². The molecule has 0 fully saturated rings. The molecule has 0 unspecified atom stereocenters. The summed E-state index contributed by atoms with van der Waals surface area (Å²) >= 11 is 0. The predicted octanol–water partition coefficient (Wildman–Crippen LogP) is 5.26. The van der Waals surface area contributed by atoms with E-state index in [9.17, 15) is 13.2 Å². The lowest BCUT2D eigenvalue weighted by molar-refractivity contribution is -0.114. The lowest BCUT2D eigenvalue weighted by Crippen LogP contribution is -2.38. The molecule has 0 heterocycles. The van der Waals surface area contributed by atoms with Crippen molar-refractivity contribution < 1.29 is 13.2 Å². The fraction of sp³-hybridized carbons (Fsp3) is 0.269. The number of hydrogen-bond donors (Lipinski definition) is 1. The lowest BCUT2D eigenvalue weighted by atomic mass is 10.0. The van der Waals surface area contributed by atoms with Crippen LogP contribution in [0.25, 0.3) is 0 Å². The summed E-state index contributed by atoms with van der Waals surface area (Å²) in [6, 6.07) is 19.6. The number of aryl methyl sites for hydroxylation is 4. The minimum absolute atomic E-state index is 0.147. The van der Waals surface area contributed by atoms with Crippen molar-refractivity contribution in [2.75, 3.05) is 16.2 Å². The lowest BCUT2D eigenvalue weighted by Gasteiger charge is -2.25. The highest BCUT2D eigenvalue weighted by Crippen LogP contribution is 2.27. The maximum absolute atomic E-state index is 13.5. The first kappa shape index (κ1) is 23.5. The molecule has 0 aliphatic heterocycles. The van der Waals surface area contributed by atoms with E-state index in [-0.39, 0.29) is 17.3 Å². The first-order valence-electron chi connectivity index (χ1n) is 10.8. The summed E-state index contributed by atoms with van der Waals surface area (Å²) in [4.78, 5) is 13.3. The van der Waals surface area contributed by atoms with Gasteiger partial charge in [0.05, 0.1) is 10.6 Å². The summed E-state index contributed by atoms with van der Waals surface area (Å²) < 4.78 is 28.2. The highest BCUT2D eigenvalue weighted by molar-refractivity contribution is 7.92. The molecular formula is C26H30N2O3S. The van der Waals surface area contributed by atoms with E-state index in [1.54, 1.807) is 42.5 Å². The predicted molar refractivity (Wildman–Crippen MR) is 131 cm³/mol. The highest BCUT2D eigenvalue weighted by Gasteiger charge is 2.27. The van der Waals surface area contributed by atoms with Gasteiger partial charge in [-0.15, -0.1) is 0 Å². The molecule has 1 amide bonds. The molecule has 0 radical (unpaired) electrons. The van der Waals surface area contributed by atoms with Crippen molar-refractivity contribution in [2.24, 2.45) is 0 Å². The van der Waals surface area contributed by atoms with E-state index < -0.39 is 10.0 Å². The molecule has 168 valence electrons. The third-order valence-corrected chi connectivity index (χ3v) is 7.45. The zero-order chi connectivity index (χ0) is 23.3. The Hall–Kier alpha value is -3.12. The third-order valence-electron chi connectivity index (χ3n) is 5.66. The Bertz CT molecular complexity index is 1180. The number of sulfonamides is 1. The smallest absolute Gasteiger partial charge is 0.264 e. The van der Waals surface area contributed by atoms with Crippen LogP contribution >= 0.6 is 0 Å². The molecule has 0 aliphatic rings. The number of para-hydroxylation sites is 1. The molecule has 0 aromatic heterocycles. The van der Waals surface area contributed by atoms with E-state index in [2.05, 4.69) is 5.32 Å². The van der Waals surface area contributed by atoms with Crippen LogP contribution in [0.4, 0.5) is 11.4 Å². The molecule has 0 bridgehead atoms. The van der Waals surface area contributed by atoms with Crippen LogP contribution < -0.4 is 9.62 Å². The van der Waals surface area contributed by atoms with Gasteiger partial charge >= 0.3 is 0 Å². The molecule has 0 spiro atoms. The fourth-order valence-corrected chi connectivity index (χ4v) is 5.06. The second kappa shape index (κ2) is 10.0. The average molecular weight is 451 g/mol. The normalized spacial score (nSPS) is 11.2. The van der Waals surface area contributed by atoms with Crippen LogP contribution in [0.5, 0.6) is 0 Å². The van der Waals surface area contributed by atoms with Gasteiger partial charge in [0.25, 0.3) is 10.0 Å². The molecule has 1 N–H and O–H groups in total. The SMILES string of the molecule is CCc1cccc(CC)c1NC(=O)CN(c1ccc(C)c(C)c1)S(=O)(=O)c1ccccc1. The Morgan fingerprint density at radius 1 is 0.844 bits per heavy atom. The van der Waals surface area contributed by atoms with Gasteiger partial charge in [0.2, 0.25) is 5.91 Å². The van der Waals surface area contributed by atoms with Crippen molar-refractivity contribution in [1.29, 1.82) is 0 Å². The Morgan fingerprint density at radius 2 is 1.47 bits per heavy atom. The highest BCUT2D eigenvalue weighted by atomic mass is 32.2. The van der Waals surface area contributed by atoms with Crippen molar-refractivity contribution in [3.63, 3.8) is 0 Å². The van der Waals surface area contributed by atoms with Crippen LogP contribution in [0.15, 0.2) is 71.6 Å². The van der Waals surface area contributed by atoms with Crippen LogP contribution in [0.1, 0.15) is 36.1 Å². The number of carbonyl (C=O) groups excluding carboxylic acids is 1. The van der Waals surface area contributed by atoms with Crippen molar-refractivity contribution >= 4 is 27.3 Å². The molecule has 0 saturated carbocycles. The van der Waals surface area contributed by atoms with Gasteiger partial charge in [-0.2, -0.15) is 0 Å². The molecule has 32 heavy (non-hydrogen) atoms. The topological polar surface area (TPSA) is 66.5 Å². The number of nitrogens with one attached hydrogen (secondary N) is 1. The van der Waals surface area contributed by atoms with Crippen molar-refractivity contribution in [3.8, 4) is 0 Å². The zero-order valence-electron chi connectivity index (χ0n) is 19.1. The first-order valence-corrected chi connectivity index (χ1v) is 12.3. The van der Waals surface area contributed by atoms with Crippen LogP contribution in [0.2, 0.25) is 0 Å². The Morgan fingerprint density at radius 3 is 2.03 bits per heavy atom. The largest absolute Gasteiger partial charge is 0.324 e. The van der Waals surface area contributed by atoms with Crippen molar-refractivity contribution in [2.45, 2.75) is 45.4 Å². The van der Waals surface area contributed by atoms with E-state index in [1.165, 1.54) is 4.31 Å². The summed E-state index contributed by atoms with van der Waals surface area (Å²) in [5.74, 6) is -0.377. The van der Waals surface area contributed by atoms with Crippen LogP contribution in [0.3, 0.4) is 0 Å². The van der Waals surface area contributed by atoms with E-state index in [4.69, 9.17) is 0 Å². The van der Waals surface area contributed by atoms with Gasteiger partial charge in [0.15, 0.2) is 0 Å². The Labute approximate surface area is 191 Å². The summed E-state index contributed by atoms with van der Waals surface area (Å²) in [5, 5.41) is 2.99. The quantitative estimate of drug-likeness (QED) is 0.509. The number of hydrogen-bond acceptors (Lipinski definition) is 3. The number of anilines is 2. The Kier molecular flexibility index (Phi) is 7.36. The van der Waals surface area contributed by atoms with Crippen molar-refractivity contribution in [3.05, 3.63) is 89.0 Å². The number of benzene rings is 3. The zero-order valence-corrected chi connectivity index (χ0v) is 19.9. The van der Waals surface area contributed by atoms with Crippen LogP contribution in [0, 0.1) is 13.8 Å². The Balaban J connectivity index is 2.00. The molecule has 0 aliphatic carbocycles. The fourth-order valence-electron chi connectivity index (χ4n) is 3.63. The van der Waals surface area contributed by atoms with Crippen LogP contribution in [-0.2, 0) is 27.7 Å². The molecule has 5 nitrogen and oxygen atoms in total.